The van der Waals surface area contributed by atoms with Crippen molar-refractivity contribution < 1.29 is 13.9 Å². The largest absolute Gasteiger partial charge is 0.379 e. The average Bonchev–Trinajstić information content (AvgIpc) is 3.23. The molecule has 4 rings (SSSR count). The lowest BCUT2D eigenvalue weighted by Crippen LogP contribution is -2.49. The molecule has 168 valence electrons. The van der Waals surface area contributed by atoms with E-state index in [9.17, 15) is 9.18 Å². The molecule has 2 aromatic rings. The van der Waals surface area contributed by atoms with Gasteiger partial charge in [0.2, 0.25) is 5.91 Å². The fraction of sp³-hybridized carbons (Fsp3) is 0.565. The quantitative estimate of drug-likeness (QED) is 0.730. The highest BCUT2D eigenvalue weighted by Gasteiger charge is 2.33. The van der Waals surface area contributed by atoms with Crippen LogP contribution in [0.1, 0.15) is 31.3 Å². The Bertz CT molecular complexity index is 876. The van der Waals surface area contributed by atoms with Crippen molar-refractivity contribution in [3.63, 3.8) is 0 Å². The summed E-state index contributed by atoms with van der Waals surface area (Å²) in [4.78, 5) is 22.1. The van der Waals surface area contributed by atoms with Crippen molar-refractivity contribution in [2.45, 2.75) is 33.0 Å². The van der Waals surface area contributed by atoms with Crippen LogP contribution in [0.4, 0.5) is 4.39 Å². The van der Waals surface area contributed by atoms with Crippen molar-refractivity contribution in [3.8, 4) is 0 Å². The number of hydrogen-bond acceptors (Lipinski definition) is 5. The zero-order valence-corrected chi connectivity index (χ0v) is 18.4. The Hall–Kier alpha value is -2.29. The summed E-state index contributed by atoms with van der Waals surface area (Å²) in [6, 6.07) is 6.57. The van der Waals surface area contributed by atoms with Crippen molar-refractivity contribution in [1.82, 2.24) is 24.7 Å². The topological polar surface area (TPSA) is 62.6 Å². The van der Waals surface area contributed by atoms with Crippen LogP contribution in [0.5, 0.6) is 0 Å². The normalized spacial score (nSPS) is 19.1. The number of rotatable bonds is 7. The van der Waals surface area contributed by atoms with E-state index in [1.165, 1.54) is 12.1 Å². The van der Waals surface area contributed by atoms with E-state index >= 15 is 0 Å². The number of nitrogens with one attached hydrogen (secondary N) is 1. The predicted molar refractivity (Wildman–Crippen MR) is 116 cm³/mol. The number of imidazole rings is 1. The van der Waals surface area contributed by atoms with Gasteiger partial charge < -0.3 is 14.6 Å². The first-order valence-corrected chi connectivity index (χ1v) is 11.0. The summed E-state index contributed by atoms with van der Waals surface area (Å²) in [6.07, 6.45) is 3.84. The van der Waals surface area contributed by atoms with Gasteiger partial charge in [-0.3, -0.25) is 14.6 Å². The van der Waals surface area contributed by atoms with Crippen molar-refractivity contribution in [2.75, 3.05) is 45.9 Å². The third-order valence-corrected chi connectivity index (χ3v) is 6.25. The molecule has 1 N–H and O–H groups in total. The minimum atomic E-state index is -0.535. The molecule has 1 aromatic carbocycles. The number of fused-ring (bicyclic) bond motifs is 1. The van der Waals surface area contributed by atoms with Gasteiger partial charge in [-0.15, -0.1) is 0 Å². The Morgan fingerprint density at radius 3 is 2.68 bits per heavy atom. The molecule has 0 bridgehead atoms. The number of benzene rings is 1. The van der Waals surface area contributed by atoms with E-state index < -0.39 is 5.41 Å². The Morgan fingerprint density at radius 1 is 1.19 bits per heavy atom. The molecular formula is C23H32FN5O2. The molecule has 3 heterocycles. The van der Waals surface area contributed by atoms with Gasteiger partial charge >= 0.3 is 0 Å². The van der Waals surface area contributed by atoms with Gasteiger partial charge in [-0.1, -0.05) is 12.1 Å². The summed E-state index contributed by atoms with van der Waals surface area (Å²) in [5, 5.41) is 3.17. The van der Waals surface area contributed by atoms with Gasteiger partial charge in [-0.05, 0) is 31.5 Å². The minimum absolute atomic E-state index is 0.00767. The van der Waals surface area contributed by atoms with E-state index in [0.29, 0.717) is 26.3 Å². The third-order valence-electron chi connectivity index (χ3n) is 6.25. The highest BCUT2D eigenvalue weighted by molar-refractivity contribution is 5.82. The zero-order valence-electron chi connectivity index (χ0n) is 18.4. The molecule has 1 amide bonds. The molecule has 0 aliphatic carbocycles. The van der Waals surface area contributed by atoms with Crippen molar-refractivity contribution >= 4 is 5.91 Å². The maximum atomic E-state index is 13.4. The highest BCUT2D eigenvalue weighted by Crippen LogP contribution is 2.24. The Kier molecular flexibility index (Phi) is 6.69. The molecule has 0 saturated carbocycles. The second kappa shape index (κ2) is 9.46. The maximum Gasteiger partial charge on any atom is 0.227 e. The molecule has 31 heavy (non-hydrogen) atoms. The molecule has 2 aliphatic rings. The molecule has 7 nitrogen and oxygen atoms in total. The Labute approximate surface area is 183 Å². The van der Waals surface area contributed by atoms with E-state index in [0.717, 1.165) is 44.1 Å². The number of nitrogens with zero attached hydrogens (tertiary/aromatic N) is 4. The minimum Gasteiger partial charge on any atom is -0.379 e. The van der Waals surface area contributed by atoms with E-state index in [4.69, 9.17) is 4.74 Å². The first-order chi connectivity index (χ1) is 14.9. The first kappa shape index (κ1) is 21.9. The number of ether oxygens (including phenoxy) is 1. The summed E-state index contributed by atoms with van der Waals surface area (Å²) in [5.74, 6) is 0.824. The first-order valence-electron chi connectivity index (χ1n) is 11.0. The predicted octanol–water partition coefficient (Wildman–Crippen LogP) is 2.05. The highest BCUT2D eigenvalue weighted by atomic mass is 19.1. The molecule has 1 fully saturated rings. The van der Waals surface area contributed by atoms with Crippen LogP contribution in [-0.4, -0.2) is 71.2 Å². The van der Waals surface area contributed by atoms with Gasteiger partial charge in [0.1, 0.15) is 11.6 Å². The third kappa shape index (κ3) is 5.31. The van der Waals surface area contributed by atoms with E-state index in [-0.39, 0.29) is 17.8 Å². The summed E-state index contributed by atoms with van der Waals surface area (Å²) in [5.41, 5.74) is 0.469. The number of hydrogen-bond donors (Lipinski definition) is 1. The summed E-state index contributed by atoms with van der Waals surface area (Å²) in [6.45, 7) is 10.6. The molecule has 8 heteroatoms. The van der Waals surface area contributed by atoms with Gasteiger partial charge in [0, 0.05) is 51.7 Å². The van der Waals surface area contributed by atoms with Gasteiger partial charge in [-0.25, -0.2) is 9.37 Å². The number of morpholine rings is 1. The number of halogens is 1. The summed E-state index contributed by atoms with van der Waals surface area (Å²) >= 11 is 0. The fourth-order valence-corrected chi connectivity index (χ4v) is 4.45. The smallest absolute Gasteiger partial charge is 0.227 e. The van der Waals surface area contributed by atoms with Crippen LogP contribution in [0.15, 0.2) is 36.7 Å². The van der Waals surface area contributed by atoms with Crippen molar-refractivity contribution in [2.24, 2.45) is 5.41 Å². The van der Waals surface area contributed by atoms with Gasteiger partial charge in [0.05, 0.1) is 31.2 Å². The maximum absolute atomic E-state index is 13.4. The summed E-state index contributed by atoms with van der Waals surface area (Å²) < 4.78 is 21.1. The number of carbonyl (C=O) groups is 1. The van der Waals surface area contributed by atoms with Crippen molar-refractivity contribution in [1.29, 1.82) is 0 Å². The standard InChI is InChI=1S/C23H32FN5O2/c1-23(2,17-27-9-10-29-8-7-25-21(29)16-27)22(30)26-15-20(28-11-13-31-14-12-28)18-3-5-19(24)6-4-18/h3-8,20H,9-17H2,1-2H3,(H,26,30)/t20-/m0/s1. The molecule has 0 unspecified atom stereocenters. The van der Waals surface area contributed by atoms with Crippen LogP contribution in [0.2, 0.25) is 0 Å². The zero-order chi connectivity index (χ0) is 21.8. The molecular weight excluding hydrogens is 397 g/mol. The molecule has 1 aromatic heterocycles. The van der Waals surface area contributed by atoms with Gasteiger partial charge in [0.15, 0.2) is 0 Å². The molecule has 1 saturated heterocycles. The summed E-state index contributed by atoms with van der Waals surface area (Å²) in [7, 11) is 0. The Morgan fingerprint density at radius 2 is 1.94 bits per heavy atom. The van der Waals surface area contributed by atoms with Gasteiger partial charge in [-0.2, -0.15) is 0 Å². The van der Waals surface area contributed by atoms with E-state index in [1.54, 1.807) is 0 Å². The lowest BCUT2D eigenvalue weighted by atomic mass is 9.91. The van der Waals surface area contributed by atoms with E-state index in [1.807, 2.05) is 38.4 Å². The second-order valence-corrected chi connectivity index (χ2v) is 9.06. The molecule has 2 aliphatic heterocycles. The van der Waals surface area contributed by atoms with Crippen LogP contribution >= 0.6 is 0 Å². The molecule has 0 spiro atoms. The lowest BCUT2D eigenvalue weighted by molar-refractivity contribution is -0.131. The number of aromatic nitrogens is 2. The van der Waals surface area contributed by atoms with Crippen LogP contribution in [0.3, 0.4) is 0 Å². The van der Waals surface area contributed by atoms with Crippen molar-refractivity contribution in [3.05, 3.63) is 53.9 Å². The molecule has 0 radical (unpaired) electrons. The SMILES string of the molecule is CC(C)(CN1CCn2ccnc2C1)C(=O)NC[C@@H](c1ccc(F)cc1)N1CCOCC1. The van der Waals surface area contributed by atoms with Crippen LogP contribution in [-0.2, 0) is 22.6 Å². The van der Waals surface area contributed by atoms with Crippen LogP contribution in [0, 0.1) is 11.2 Å². The van der Waals surface area contributed by atoms with E-state index in [2.05, 4.69) is 24.7 Å². The lowest BCUT2D eigenvalue weighted by Gasteiger charge is -2.37. The average molecular weight is 430 g/mol. The Balaban J connectivity index is 1.38. The molecule has 1 atom stereocenters. The second-order valence-electron chi connectivity index (χ2n) is 9.06. The van der Waals surface area contributed by atoms with Crippen LogP contribution in [0.25, 0.3) is 0 Å². The number of carbonyl (C=O) groups excluding carboxylic acids is 1. The van der Waals surface area contributed by atoms with Crippen LogP contribution < -0.4 is 5.32 Å². The fourth-order valence-electron chi connectivity index (χ4n) is 4.45. The van der Waals surface area contributed by atoms with Gasteiger partial charge in [0.25, 0.3) is 0 Å². The number of amides is 1. The monoisotopic (exact) mass is 429 g/mol.